The van der Waals surface area contributed by atoms with Crippen LogP contribution in [0.2, 0.25) is 5.15 Å². The van der Waals surface area contributed by atoms with Gasteiger partial charge in [-0.3, -0.25) is 0 Å². The Balaban J connectivity index is 2.16. The van der Waals surface area contributed by atoms with Crippen LogP contribution in [0.1, 0.15) is 5.69 Å². The van der Waals surface area contributed by atoms with Gasteiger partial charge in [-0.1, -0.05) is 11.6 Å². The van der Waals surface area contributed by atoms with Crippen LogP contribution in [-0.4, -0.2) is 47.1 Å². The molecule has 0 spiro atoms. The van der Waals surface area contributed by atoms with Gasteiger partial charge in [0.25, 0.3) is 5.95 Å². The van der Waals surface area contributed by atoms with Gasteiger partial charge in [0, 0.05) is 18.8 Å². The molecule has 1 fully saturated rings. The average Bonchev–Trinajstić information content (AvgIpc) is 2.28. The standard InChI is InChI=1S/C10H14ClN5O/c1-7-6-8(11)14-10(13-7)15-9(12)16-2-4-17-5-3-16/h6H,2-5H2,1H3,(H2,12,13,14,15). The molecule has 0 aromatic carbocycles. The van der Waals surface area contributed by atoms with Gasteiger partial charge in [0.05, 0.1) is 13.2 Å². The zero-order valence-corrected chi connectivity index (χ0v) is 10.3. The Hall–Kier alpha value is -1.40. The van der Waals surface area contributed by atoms with Crippen molar-refractivity contribution >= 4 is 23.5 Å². The van der Waals surface area contributed by atoms with Crippen molar-refractivity contribution in [3.8, 4) is 0 Å². The zero-order chi connectivity index (χ0) is 12.3. The number of halogens is 1. The SMILES string of the molecule is Cc1cc(Cl)nc(N=C(N)N2CCOCC2)n1. The molecule has 2 heterocycles. The molecule has 1 aromatic heterocycles. The topological polar surface area (TPSA) is 76.6 Å². The van der Waals surface area contributed by atoms with Gasteiger partial charge in [0.1, 0.15) is 5.15 Å². The van der Waals surface area contributed by atoms with E-state index < -0.39 is 0 Å². The third kappa shape index (κ3) is 3.28. The number of hydrogen-bond acceptors (Lipinski definition) is 4. The number of nitrogens with two attached hydrogens (primary N) is 1. The van der Waals surface area contributed by atoms with Gasteiger partial charge in [0.2, 0.25) is 0 Å². The molecule has 1 saturated heterocycles. The monoisotopic (exact) mass is 255 g/mol. The van der Waals surface area contributed by atoms with Gasteiger partial charge in [-0.05, 0) is 13.0 Å². The van der Waals surface area contributed by atoms with E-state index in [9.17, 15) is 0 Å². The predicted octanol–water partition coefficient (Wildman–Crippen LogP) is 0.717. The molecule has 17 heavy (non-hydrogen) atoms. The maximum Gasteiger partial charge on any atom is 0.254 e. The summed E-state index contributed by atoms with van der Waals surface area (Å²) < 4.78 is 5.23. The van der Waals surface area contributed by atoms with Crippen LogP contribution in [0.4, 0.5) is 5.95 Å². The van der Waals surface area contributed by atoms with E-state index in [2.05, 4.69) is 15.0 Å². The molecule has 0 unspecified atom stereocenters. The molecular weight excluding hydrogens is 242 g/mol. The van der Waals surface area contributed by atoms with Gasteiger partial charge in [-0.2, -0.15) is 9.98 Å². The van der Waals surface area contributed by atoms with E-state index >= 15 is 0 Å². The van der Waals surface area contributed by atoms with Crippen LogP contribution >= 0.6 is 11.6 Å². The molecule has 92 valence electrons. The summed E-state index contributed by atoms with van der Waals surface area (Å²) in [6.07, 6.45) is 0. The van der Waals surface area contributed by atoms with Gasteiger partial charge in [-0.15, -0.1) is 0 Å². The number of ether oxygens (including phenoxy) is 1. The minimum atomic E-state index is 0.291. The first-order valence-electron chi connectivity index (χ1n) is 5.33. The Morgan fingerprint density at radius 3 is 2.82 bits per heavy atom. The van der Waals surface area contributed by atoms with Crippen LogP contribution in [-0.2, 0) is 4.74 Å². The number of nitrogens with zero attached hydrogens (tertiary/aromatic N) is 4. The van der Waals surface area contributed by atoms with Crippen LogP contribution in [0, 0.1) is 6.92 Å². The summed E-state index contributed by atoms with van der Waals surface area (Å²) in [6, 6.07) is 1.67. The number of aliphatic imine (C=N–C) groups is 1. The first-order valence-corrected chi connectivity index (χ1v) is 5.71. The van der Waals surface area contributed by atoms with Crippen molar-refractivity contribution in [2.45, 2.75) is 6.92 Å². The summed E-state index contributed by atoms with van der Waals surface area (Å²) in [6.45, 7) is 4.61. The van der Waals surface area contributed by atoms with Crippen LogP contribution < -0.4 is 5.73 Å². The van der Waals surface area contributed by atoms with Gasteiger partial charge >= 0.3 is 0 Å². The van der Waals surface area contributed by atoms with Crippen molar-refractivity contribution in [2.75, 3.05) is 26.3 Å². The average molecular weight is 256 g/mol. The van der Waals surface area contributed by atoms with Crippen molar-refractivity contribution in [3.63, 3.8) is 0 Å². The van der Waals surface area contributed by atoms with E-state index in [1.165, 1.54) is 0 Å². The second kappa shape index (κ2) is 5.29. The normalized spacial score (nSPS) is 17.3. The zero-order valence-electron chi connectivity index (χ0n) is 9.56. The number of aromatic nitrogens is 2. The van der Waals surface area contributed by atoms with E-state index in [1.807, 2.05) is 11.8 Å². The Bertz CT molecular complexity index is 410. The summed E-state index contributed by atoms with van der Waals surface area (Å²) in [4.78, 5) is 14.2. The van der Waals surface area contributed by atoms with Gasteiger partial charge in [0.15, 0.2) is 5.96 Å². The minimum Gasteiger partial charge on any atom is -0.378 e. The highest BCUT2D eigenvalue weighted by Crippen LogP contribution is 2.12. The molecule has 0 radical (unpaired) electrons. The lowest BCUT2D eigenvalue weighted by Gasteiger charge is -2.27. The molecule has 6 nitrogen and oxygen atoms in total. The quantitative estimate of drug-likeness (QED) is 0.455. The molecule has 1 aromatic rings. The third-order valence-corrected chi connectivity index (χ3v) is 2.55. The van der Waals surface area contributed by atoms with Crippen molar-refractivity contribution in [1.82, 2.24) is 14.9 Å². The summed E-state index contributed by atoms with van der Waals surface area (Å²) >= 11 is 5.82. The van der Waals surface area contributed by atoms with Crippen LogP contribution in [0.5, 0.6) is 0 Å². The fourth-order valence-corrected chi connectivity index (χ4v) is 1.76. The first kappa shape index (κ1) is 12.1. The molecule has 0 bridgehead atoms. The van der Waals surface area contributed by atoms with Crippen LogP contribution in [0.3, 0.4) is 0 Å². The lowest BCUT2D eigenvalue weighted by molar-refractivity contribution is 0.0675. The number of aryl methyl sites for hydroxylation is 1. The Morgan fingerprint density at radius 1 is 1.47 bits per heavy atom. The minimum absolute atomic E-state index is 0.291. The van der Waals surface area contributed by atoms with E-state index in [-0.39, 0.29) is 0 Å². The lowest BCUT2D eigenvalue weighted by Crippen LogP contribution is -2.44. The molecule has 0 amide bonds. The summed E-state index contributed by atoms with van der Waals surface area (Å²) in [5, 5.41) is 0.367. The van der Waals surface area contributed by atoms with E-state index in [0.717, 1.165) is 18.8 Å². The first-order chi connectivity index (χ1) is 8.15. The van der Waals surface area contributed by atoms with Gasteiger partial charge < -0.3 is 15.4 Å². The molecule has 1 aliphatic heterocycles. The summed E-state index contributed by atoms with van der Waals surface area (Å²) in [5.74, 6) is 0.689. The van der Waals surface area contributed by atoms with Crippen LogP contribution in [0.15, 0.2) is 11.1 Å². The van der Waals surface area contributed by atoms with Crippen molar-refractivity contribution in [3.05, 3.63) is 16.9 Å². The number of hydrogen-bond donors (Lipinski definition) is 1. The summed E-state index contributed by atoms with van der Waals surface area (Å²) in [7, 11) is 0. The highest BCUT2D eigenvalue weighted by molar-refractivity contribution is 6.29. The Morgan fingerprint density at radius 2 is 2.18 bits per heavy atom. The molecule has 0 saturated carbocycles. The van der Waals surface area contributed by atoms with Crippen molar-refractivity contribution in [2.24, 2.45) is 10.7 Å². The van der Waals surface area contributed by atoms with Crippen molar-refractivity contribution < 1.29 is 4.74 Å². The molecular formula is C10H14ClN5O. The molecule has 7 heteroatoms. The van der Waals surface area contributed by atoms with Crippen molar-refractivity contribution in [1.29, 1.82) is 0 Å². The number of guanidine groups is 1. The maximum absolute atomic E-state index is 5.88. The number of morpholine rings is 1. The molecule has 0 aliphatic carbocycles. The van der Waals surface area contributed by atoms with E-state index in [4.69, 9.17) is 22.1 Å². The summed E-state index contributed by atoms with van der Waals surface area (Å²) in [5.41, 5.74) is 6.64. The maximum atomic E-state index is 5.88. The van der Waals surface area contributed by atoms with E-state index in [0.29, 0.717) is 30.3 Å². The fraction of sp³-hybridized carbons (Fsp3) is 0.500. The van der Waals surface area contributed by atoms with Gasteiger partial charge in [-0.25, -0.2) is 4.98 Å². The third-order valence-electron chi connectivity index (χ3n) is 2.36. The smallest absolute Gasteiger partial charge is 0.254 e. The van der Waals surface area contributed by atoms with Crippen LogP contribution in [0.25, 0.3) is 0 Å². The lowest BCUT2D eigenvalue weighted by atomic mass is 10.4. The molecule has 1 aliphatic rings. The predicted molar refractivity (Wildman–Crippen MR) is 65.5 cm³/mol. The molecule has 2 N–H and O–H groups in total. The van der Waals surface area contributed by atoms with E-state index in [1.54, 1.807) is 6.07 Å². The highest BCUT2D eigenvalue weighted by Gasteiger charge is 2.12. The molecule has 2 rings (SSSR count). The highest BCUT2D eigenvalue weighted by atomic mass is 35.5. The Labute approximate surface area is 104 Å². The molecule has 0 atom stereocenters. The second-order valence-electron chi connectivity index (χ2n) is 3.70. The second-order valence-corrected chi connectivity index (χ2v) is 4.09. The number of rotatable bonds is 1. The fourth-order valence-electron chi connectivity index (χ4n) is 1.53. The largest absolute Gasteiger partial charge is 0.378 e. The Kier molecular flexibility index (Phi) is 3.75.